The Bertz CT molecular complexity index is 885. The lowest BCUT2D eigenvalue weighted by Gasteiger charge is -2.18. The summed E-state index contributed by atoms with van der Waals surface area (Å²) in [6, 6.07) is 8.40. The van der Waals surface area contributed by atoms with Gasteiger partial charge in [-0.25, -0.2) is 4.98 Å². The fourth-order valence-electron chi connectivity index (χ4n) is 3.90. The zero-order valence-electron chi connectivity index (χ0n) is 14.1. The standard InChI is InChI=1S/C19H21N3O2/c1-12-20-17-11-22(10-16(17)19(24)21(12)2)18(23)9-14-8-7-13-5-3-4-6-15(13)14/h3-6,14H,7-11H2,1-2H3/t14-/m1/s1. The molecule has 2 aromatic rings. The second-order valence-corrected chi connectivity index (χ2v) is 6.84. The summed E-state index contributed by atoms with van der Waals surface area (Å²) in [5.74, 6) is 1.11. The van der Waals surface area contributed by atoms with Gasteiger partial charge in [-0.05, 0) is 36.8 Å². The van der Waals surface area contributed by atoms with Crippen LogP contribution in [0, 0.1) is 6.92 Å². The molecule has 124 valence electrons. The molecule has 5 nitrogen and oxygen atoms in total. The monoisotopic (exact) mass is 323 g/mol. The van der Waals surface area contributed by atoms with E-state index in [0.717, 1.165) is 18.5 Å². The first-order valence-corrected chi connectivity index (χ1v) is 8.45. The molecule has 1 aliphatic carbocycles. The molecular weight excluding hydrogens is 302 g/mol. The van der Waals surface area contributed by atoms with Gasteiger partial charge >= 0.3 is 0 Å². The van der Waals surface area contributed by atoms with Crippen LogP contribution in [0.25, 0.3) is 0 Å². The second-order valence-electron chi connectivity index (χ2n) is 6.84. The van der Waals surface area contributed by atoms with Gasteiger partial charge in [-0.2, -0.15) is 0 Å². The predicted octanol–water partition coefficient (Wildman–Crippen LogP) is 2.05. The molecule has 0 radical (unpaired) electrons. The summed E-state index contributed by atoms with van der Waals surface area (Å²) in [5, 5.41) is 0. The van der Waals surface area contributed by atoms with Crippen LogP contribution in [0.3, 0.4) is 0 Å². The van der Waals surface area contributed by atoms with Crippen molar-refractivity contribution >= 4 is 5.91 Å². The minimum atomic E-state index is -0.0287. The smallest absolute Gasteiger partial charge is 0.258 e. The van der Waals surface area contributed by atoms with Crippen LogP contribution in [0.15, 0.2) is 29.1 Å². The molecule has 2 aliphatic rings. The minimum Gasteiger partial charge on any atom is -0.332 e. The zero-order valence-corrected chi connectivity index (χ0v) is 14.1. The maximum atomic E-state index is 12.8. The van der Waals surface area contributed by atoms with Gasteiger partial charge in [-0.3, -0.25) is 14.2 Å². The third-order valence-electron chi connectivity index (χ3n) is 5.41. The third-order valence-corrected chi connectivity index (χ3v) is 5.41. The molecule has 1 aliphatic heterocycles. The normalized spacial score (nSPS) is 18.6. The van der Waals surface area contributed by atoms with E-state index in [4.69, 9.17) is 0 Å². The van der Waals surface area contributed by atoms with Gasteiger partial charge in [-0.1, -0.05) is 24.3 Å². The highest BCUT2D eigenvalue weighted by atomic mass is 16.2. The maximum absolute atomic E-state index is 12.8. The molecule has 0 unspecified atom stereocenters. The first-order chi connectivity index (χ1) is 11.5. The van der Waals surface area contributed by atoms with Crippen LogP contribution in [0.2, 0.25) is 0 Å². The first-order valence-electron chi connectivity index (χ1n) is 8.45. The van der Waals surface area contributed by atoms with Gasteiger partial charge in [-0.15, -0.1) is 0 Å². The number of carbonyl (C=O) groups excluding carboxylic acids is 1. The van der Waals surface area contributed by atoms with Gasteiger partial charge in [0.25, 0.3) is 5.56 Å². The number of aryl methyl sites for hydroxylation is 2. The number of aromatic nitrogens is 2. The number of benzene rings is 1. The number of nitrogens with zero attached hydrogens (tertiary/aromatic N) is 3. The van der Waals surface area contributed by atoms with Crippen molar-refractivity contribution in [2.45, 2.75) is 45.2 Å². The Balaban J connectivity index is 1.52. The average Bonchev–Trinajstić information content (AvgIpc) is 3.18. The van der Waals surface area contributed by atoms with Crippen LogP contribution in [-0.4, -0.2) is 20.4 Å². The lowest BCUT2D eigenvalue weighted by molar-refractivity contribution is -0.132. The molecule has 24 heavy (non-hydrogen) atoms. The van der Waals surface area contributed by atoms with Gasteiger partial charge in [0.2, 0.25) is 5.91 Å². The van der Waals surface area contributed by atoms with E-state index in [1.807, 2.05) is 13.0 Å². The summed E-state index contributed by atoms with van der Waals surface area (Å²) in [7, 11) is 1.73. The molecule has 1 aromatic carbocycles. The number of amides is 1. The molecule has 0 saturated heterocycles. The highest BCUT2D eigenvalue weighted by Gasteiger charge is 2.31. The van der Waals surface area contributed by atoms with Crippen molar-refractivity contribution in [3.63, 3.8) is 0 Å². The summed E-state index contributed by atoms with van der Waals surface area (Å²) in [6.45, 7) is 2.67. The Labute approximate surface area is 140 Å². The molecule has 4 rings (SSSR count). The molecule has 1 aromatic heterocycles. The Hall–Kier alpha value is -2.43. The Morgan fingerprint density at radius 2 is 2.08 bits per heavy atom. The van der Waals surface area contributed by atoms with E-state index in [9.17, 15) is 9.59 Å². The topological polar surface area (TPSA) is 55.2 Å². The molecular formula is C19H21N3O2. The van der Waals surface area contributed by atoms with Crippen LogP contribution in [0.5, 0.6) is 0 Å². The highest BCUT2D eigenvalue weighted by Crippen LogP contribution is 2.36. The molecule has 2 heterocycles. The SMILES string of the molecule is Cc1nc2c(c(=O)n1C)CN(C(=O)C[C@H]1CCc3ccccc31)C2. The minimum absolute atomic E-state index is 0.0287. The Kier molecular flexibility index (Phi) is 3.52. The van der Waals surface area contributed by atoms with E-state index in [2.05, 4.69) is 23.2 Å². The van der Waals surface area contributed by atoms with Gasteiger partial charge in [0.15, 0.2) is 0 Å². The molecule has 0 N–H and O–H groups in total. The third kappa shape index (κ3) is 2.35. The van der Waals surface area contributed by atoms with Gasteiger partial charge in [0.1, 0.15) is 5.82 Å². The van der Waals surface area contributed by atoms with Crippen LogP contribution in [0.4, 0.5) is 0 Å². The molecule has 5 heteroatoms. The summed E-state index contributed by atoms with van der Waals surface area (Å²) in [5.41, 5.74) is 4.08. The van der Waals surface area contributed by atoms with Crippen LogP contribution >= 0.6 is 0 Å². The molecule has 0 saturated carbocycles. The van der Waals surface area contributed by atoms with E-state index >= 15 is 0 Å². The fourth-order valence-corrected chi connectivity index (χ4v) is 3.90. The first kappa shape index (κ1) is 15.1. The molecule has 0 bridgehead atoms. The number of hydrogen-bond acceptors (Lipinski definition) is 3. The Morgan fingerprint density at radius 3 is 2.92 bits per heavy atom. The van der Waals surface area contributed by atoms with Crippen molar-refractivity contribution in [3.8, 4) is 0 Å². The van der Waals surface area contributed by atoms with Crippen molar-refractivity contribution < 1.29 is 4.79 Å². The summed E-state index contributed by atoms with van der Waals surface area (Å²) in [4.78, 5) is 31.4. The lowest BCUT2D eigenvalue weighted by atomic mass is 9.97. The van der Waals surface area contributed by atoms with Crippen molar-refractivity contribution in [2.75, 3.05) is 0 Å². The maximum Gasteiger partial charge on any atom is 0.258 e. The zero-order chi connectivity index (χ0) is 16.8. The summed E-state index contributed by atoms with van der Waals surface area (Å²) >= 11 is 0. The number of fused-ring (bicyclic) bond motifs is 2. The van der Waals surface area contributed by atoms with E-state index in [-0.39, 0.29) is 11.5 Å². The van der Waals surface area contributed by atoms with Crippen LogP contribution in [-0.2, 0) is 31.4 Å². The Morgan fingerprint density at radius 1 is 1.29 bits per heavy atom. The average molecular weight is 323 g/mol. The largest absolute Gasteiger partial charge is 0.332 e. The lowest BCUT2D eigenvalue weighted by Crippen LogP contribution is -2.28. The fraction of sp³-hybridized carbons (Fsp3) is 0.421. The van der Waals surface area contributed by atoms with Crippen molar-refractivity contribution in [2.24, 2.45) is 7.05 Å². The van der Waals surface area contributed by atoms with Crippen molar-refractivity contribution in [1.29, 1.82) is 0 Å². The van der Waals surface area contributed by atoms with E-state index in [1.54, 1.807) is 16.5 Å². The van der Waals surface area contributed by atoms with E-state index < -0.39 is 0 Å². The van der Waals surface area contributed by atoms with Crippen LogP contribution < -0.4 is 5.56 Å². The van der Waals surface area contributed by atoms with Crippen molar-refractivity contribution in [3.05, 3.63) is 62.8 Å². The predicted molar refractivity (Wildman–Crippen MR) is 90.6 cm³/mol. The van der Waals surface area contributed by atoms with Gasteiger partial charge < -0.3 is 4.90 Å². The highest BCUT2D eigenvalue weighted by molar-refractivity contribution is 5.78. The quantitative estimate of drug-likeness (QED) is 0.850. The van der Waals surface area contributed by atoms with Crippen molar-refractivity contribution in [1.82, 2.24) is 14.5 Å². The number of carbonyl (C=O) groups is 1. The summed E-state index contributed by atoms with van der Waals surface area (Å²) in [6.07, 6.45) is 2.60. The number of rotatable bonds is 2. The molecule has 0 fully saturated rings. The second kappa shape index (κ2) is 5.58. The summed E-state index contributed by atoms with van der Waals surface area (Å²) < 4.78 is 1.56. The van der Waals surface area contributed by atoms with E-state index in [1.165, 1.54) is 11.1 Å². The van der Waals surface area contributed by atoms with Gasteiger partial charge in [0.05, 0.1) is 24.3 Å². The molecule has 1 amide bonds. The molecule has 1 atom stereocenters. The van der Waals surface area contributed by atoms with Crippen LogP contribution in [0.1, 0.15) is 47.0 Å². The van der Waals surface area contributed by atoms with E-state index in [0.29, 0.717) is 36.8 Å². The van der Waals surface area contributed by atoms with Gasteiger partial charge in [0, 0.05) is 13.5 Å². The molecule has 0 spiro atoms. The number of hydrogen-bond donors (Lipinski definition) is 0.